The summed E-state index contributed by atoms with van der Waals surface area (Å²) in [5.74, 6) is -0.500. The molecule has 0 spiro atoms. The van der Waals surface area contributed by atoms with Crippen LogP contribution in [0, 0.1) is 10.1 Å². The van der Waals surface area contributed by atoms with Crippen LogP contribution < -0.4 is 5.32 Å². The molecule has 1 amide bonds. The molecule has 1 aromatic rings. The fraction of sp³-hybridized carbons (Fsp3) is 0.600. The van der Waals surface area contributed by atoms with E-state index in [9.17, 15) is 14.9 Å². The normalized spacial score (nSPS) is 16.1. The summed E-state index contributed by atoms with van der Waals surface area (Å²) in [4.78, 5) is 21.8. The Morgan fingerprint density at radius 2 is 2.24 bits per heavy atom. The number of hydrogen-bond acceptors (Lipinski definition) is 4. The van der Waals surface area contributed by atoms with E-state index in [1.54, 1.807) is 0 Å². The fourth-order valence-electron chi connectivity index (χ4n) is 2.18. The van der Waals surface area contributed by atoms with E-state index in [0.717, 1.165) is 25.7 Å². The third kappa shape index (κ3) is 2.13. The lowest BCUT2D eigenvalue weighted by atomic mass is 10.2. The maximum atomic E-state index is 11.4. The van der Waals surface area contributed by atoms with Gasteiger partial charge in [0, 0.05) is 7.05 Å². The molecule has 0 atom stereocenters. The van der Waals surface area contributed by atoms with Gasteiger partial charge in [0.1, 0.15) is 6.04 Å². The van der Waals surface area contributed by atoms with Gasteiger partial charge in [0.2, 0.25) is 0 Å². The molecule has 7 heteroatoms. The summed E-state index contributed by atoms with van der Waals surface area (Å²) >= 11 is 0. The van der Waals surface area contributed by atoms with Gasteiger partial charge >= 0.3 is 5.82 Å². The quantitative estimate of drug-likeness (QED) is 0.634. The molecule has 1 saturated carbocycles. The van der Waals surface area contributed by atoms with Crippen LogP contribution in [0.4, 0.5) is 5.82 Å². The van der Waals surface area contributed by atoms with E-state index >= 15 is 0 Å². The Kier molecular flexibility index (Phi) is 3.08. The number of nitrogens with one attached hydrogen (secondary N) is 1. The van der Waals surface area contributed by atoms with Gasteiger partial charge in [-0.25, -0.2) is 0 Å². The van der Waals surface area contributed by atoms with Gasteiger partial charge < -0.3 is 15.4 Å². The van der Waals surface area contributed by atoms with Gasteiger partial charge in [-0.1, -0.05) is 5.10 Å². The van der Waals surface area contributed by atoms with Crippen molar-refractivity contribution in [1.82, 2.24) is 15.1 Å². The molecular formula is C10H14N4O3. The fourth-order valence-corrected chi connectivity index (χ4v) is 2.18. The standard InChI is InChI=1S/C10H14N4O3/c1-11-10(15)8-6-9(14(16)17)13(12-8)7-4-2-3-5-7/h6-7H,2-5H2,1H3,(H,11,15). The van der Waals surface area contributed by atoms with Crippen LogP contribution >= 0.6 is 0 Å². The van der Waals surface area contributed by atoms with Gasteiger partial charge in [-0.2, -0.15) is 0 Å². The Morgan fingerprint density at radius 1 is 1.59 bits per heavy atom. The van der Waals surface area contributed by atoms with Crippen molar-refractivity contribution < 1.29 is 9.72 Å². The summed E-state index contributed by atoms with van der Waals surface area (Å²) in [6.07, 6.45) is 3.87. The van der Waals surface area contributed by atoms with E-state index in [2.05, 4.69) is 10.4 Å². The van der Waals surface area contributed by atoms with E-state index in [1.165, 1.54) is 17.8 Å². The summed E-state index contributed by atoms with van der Waals surface area (Å²) in [5.41, 5.74) is 0.103. The highest BCUT2D eigenvalue weighted by atomic mass is 16.6. The van der Waals surface area contributed by atoms with E-state index in [0.29, 0.717) is 0 Å². The van der Waals surface area contributed by atoms with Crippen LogP contribution in [-0.2, 0) is 0 Å². The third-order valence-corrected chi connectivity index (χ3v) is 3.03. The molecule has 0 aromatic carbocycles. The third-order valence-electron chi connectivity index (χ3n) is 3.03. The first kappa shape index (κ1) is 11.6. The highest BCUT2D eigenvalue weighted by Crippen LogP contribution is 2.32. The first-order valence-electron chi connectivity index (χ1n) is 5.59. The van der Waals surface area contributed by atoms with Crippen molar-refractivity contribution in [1.29, 1.82) is 0 Å². The van der Waals surface area contributed by atoms with Crippen molar-refractivity contribution in [2.75, 3.05) is 7.05 Å². The van der Waals surface area contributed by atoms with Crippen molar-refractivity contribution in [2.45, 2.75) is 31.7 Å². The van der Waals surface area contributed by atoms with Crippen molar-refractivity contribution in [3.63, 3.8) is 0 Å². The van der Waals surface area contributed by atoms with Crippen LogP contribution in [-0.4, -0.2) is 27.7 Å². The Hall–Kier alpha value is -1.92. The van der Waals surface area contributed by atoms with Gasteiger partial charge in [-0.05, 0) is 30.6 Å². The molecule has 1 fully saturated rings. The van der Waals surface area contributed by atoms with Gasteiger partial charge in [0.05, 0.1) is 6.07 Å². The van der Waals surface area contributed by atoms with Crippen molar-refractivity contribution in [3.8, 4) is 0 Å². The minimum atomic E-state index is -0.488. The highest BCUT2D eigenvalue weighted by molar-refractivity contribution is 5.92. The van der Waals surface area contributed by atoms with Crippen LogP contribution in [0.5, 0.6) is 0 Å². The number of hydrogen-bond donors (Lipinski definition) is 1. The summed E-state index contributed by atoms with van der Waals surface area (Å²) in [7, 11) is 1.47. The number of carbonyl (C=O) groups is 1. The van der Waals surface area contributed by atoms with E-state index < -0.39 is 10.8 Å². The Bertz CT molecular complexity index is 448. The second-order valence-electron chi connectivity index (χ2n) is 4.11. The van der Waals surface area contributed by atoms with Gasteiger partial charge in [0.25, 0.3) is 5.91 Å². The van der Waals surface area contributed by atoms with Crippen LogP contribution in [0.15, 0.2) is 6.07 Å². The predicted molar refractivity (Wildman–Crippen MR) is 59.8 cm³/mol. The molecule has 0 radical (unpaired) electrons. The summed E-state index contributed by atoms with van der Waals surface area (Å²) in [6, 6.07) is 1.28. The molecule has 0 bridgehead atoms. The molecule has 2 rings (SSSR count). The zero-order valence-corrected chi connectivity index (χ0v) is 9.55. The lowest BCUT2D eigenvalue weighted by Gasteiger charge is -2.05. The topological polar surface area (TPSA) is 90.1 Å². The lowest BCUT2D eigenvalue weighted by molar-refractivity contribution is -0.393. The number of nitrogens with zero attached hydrogens (tertiary/aromatic N) is 3. The Labute approximate surface area is 98.0 Å². The minimum absolute atomic E-state index is 0.0498. The maximum absolute atomic E-state index is 11.4. The van der Waals surface area contributed by atoms with Crippen LogP contribution in [0.1, 0.15) is 42.2 Å². The number of amides is 1. The number of nitro groups is 1. The molecule has 7 nitrogen and oxygen atoms in total. The lowest BCUT2D eigenvalue weighted by Crippen LogP contribution is -2.19. The van der Waals surface area contributed by atoms with Gasteiger partial charge in [-0.15, -0.1) is 4.68 Å². The molecule has 0 aliphatic heterocycles. The zero-order valence-electron chi connectivity index (χ0n) is 9.55. The van der Waals surface area contributed by atoms with Crippen molar-refractivity contribution in [3.05, 3.63) is 21.9 Å². The molecule has 1 N–H and O–H groups in total. The van der Waals surface area contributed by atoms with E-state index in [-0.39, 0.29) is 17.6 Å². The van der Waals surface area contributed by atoms with Gasteiger partial charge in [0.15, 0.2) is 5.69 Å². The first-order chi connectivity index (χ1) is 8.13. The average Bonchev–Trinajstić information content (AvgIpc) is 2.95. The molecule has 1 aromatic heterocycles. The smallest absolute Gasteiger partial charge is 0.345 e. The molecule has 1 aliphatic rings. The van der Waals surface area contributed by atoms with Gasteiger partial charge in [-0.3, -0.25) is 4.79 Å². The monoisotopic (exact) mass is 238 g/mol. The van der Waals surface area contributed by atoms with Crippen LogP contribution in [0.2, 0.25) is 0 Å². The van der Waals surface area contributed by atoms with Crippen molar-refractivity contribution >= 4 is 11.7 Å². The number of carbonyl (C=O) groups excluding carboxylic acids is 1. The molecule has 1 aliphatic carbocycles. The zero-order chi connectivity index (χ0) is 12.4. The molecule has 0 saturated heterocycles. The second kappa shape index (κ2) is 4.52. The first-order valence-corrected chi connectivity index (χ1v) is 5.59. The maximum Gasteiger partial charge on any atom is 0.345 e. The Morgan fingerprint density at radius 3 is 2.76 bits per heavy atom. The van der Waals surface area contributed by atoms with Crippen molar-refractivity contribution in [2.24, 2.45) is 0 Å². The number of rotatable bonds is 3. The predicted octanol–water partition coefficient (Wildman–Crippen LogP) is 1.27. The largest absolute Gasteiger partial charge is 0.358 e. The summed E-state index contributed by atoms with van der Waals surface area (Å²) in [6.45, 7) is 0. The summed E-state index contributed by atoms with van der Waals surface area (Å²) < 4.78 is 1.39. The average molecular weight is 238 g/mol. The molecule has 0 unspecified atom stereocenters. The molecule has 1 heterocycles. The van der Waals surface area contributed by atoms with E-state index in [4.69, 9.17) is 0 Å². The van der Waals surface area contributed by atoms with Crippen LogP contribution in [0.25, 0.3) is 0 Å². The molecule has 92 valence electrons. The number of aromatic nitrogens is 2. The highest BCUT2D eigenvalue weighted by Gasteiger charge is 2.30. The van der Waals surface area contributed by atoms with Crippen LogP contribution in [0.3, 0.4) is 0 Å². The molecule has 17 heavy (non-hydrogen) atoms. The summed E-state index contributed by atoms with van der Waals surface area (Å²) in [5, 5.41) is 17.4. The van der Waals surface area contributed by atoms with E-state index in [1.807, 2.05) is 0 Å². The Balaban J connectivity index is 2.37. The SMILES string of the molecule is CNC(=O)c1cc([N+](=O)[O-])n(C2CCCC2)n1. The minimum Gasteiger partial charge on any atom is -0.358 e. The second-order valence-corrected chi connectivity index (χ2v) is 4.11. The molecular weight excluding hydrogens is 224 g/mol.